The molecule has 0 fully saturated rings. The molecule has 2 aromatic rings. The van der Waals surface area contributed by atoms with Crippen LogP contribution in [0.5, 0.6) is 0 Å². The van der Waals surface area contributed by atoms with Crippen molar-refractivity contribution >= 4 is 23.2 Å². The highest BCUT2D eigenvalue weighted by Crippen LogP contribution is 2.36. The fourth-order valence-electron chi connectivity index (χ4n) is 1.68. The minimum absolute atomic E-state index is 0.508. The van der Waals surface area contributed by atoms with Crippen molar-refractivity contribution in [1.29, 1.82) is 0 Å². The standard InChI is InChI=1S/C14H12Cl2/c1-14(16,11-5-3-2-4-6-11)12-7-9-13(15)10-8-12/h2-10H,1H3. The molecule has 0 aliphatic heterocycles. The average Bonchev–Trinajstić information content (AvgIpc) is 2.31. The van der Waals surface area contributed by atoms with Gasteiger partial charge in [-0.1, -0.05) is 54.1 Å². The van der Waals surface area contributed by atoms with Crippen molar-refractivity contribution in [3.8, 4) is 0 Å². The molecule has 0 bridgehead atoms. The van der Waals surface area contributed by atoms with E-state index in [1.165, 1.54) is 0 Å². The van der Waals surface area contributed by atoms with Gasteiger partial charge in [-0.15, -0.1) is 11.6 Å². The maximum Gasteiger partial charge on any atom is 0.0916 e. The van der Waals surface area contributed by atoms with E-state index >= 15 is 0 Å². The van der Waals surface area contributed by atoms with Crippen molar-refractivity contribution in [2.75, 3.05) is 0 Å². The molecule has 0 radical (unpaired) electrons. The van der Waals surface area contributed by atoms with Crippen molar-refractivity contribution in [1.82, 2.24) is 0 Å². The van der Waals surface area contributed by atoms with Gasteiger partial charge in [-0.05, 0) is 30.2 Å². The molecule has 0 aliphatic carbocycles. The van der Waals surface area contributed by atoms with Crippen LogP contribution < -0.4 is 0 Å². The van der Waals surface area contributed by atoms with Crippen molar-refractivity contribution in [2.45, 2.75) is 11.8 Å². The van der Waals surface area contributed by atoms with Crippen LogP contribution in [0.25, 0.3) is 0 Å². The van der Waals surface area contributed by atoms with Gasteiger partial charge in [0.1, 0.15) is 0 Å². The van der Waals surface area contributed by atoms with Crippen LogP contribution in [0.1, 0.15) is 18.1 Å². The molecule has 1 unspecified atom stereocenters. The Hall–Kier alpha value is -0.980. The highest BCUT2D eigenvalue weighted by molar-refractivity contribution is 6.30. The molecule has 82 valence electrons. The SMILES string of the molecule is CC(Cl)(c1ccccc1)c1ccc(Cl)cc1. The minimum Gasteiger partial charge on any atom is -0.109 e. The summed E-state index contributed by atoms with van der Waals surface area (Å²) < 4.78 is 0. The second-order valence-electron chi connectivity index (χ2n) is 3.88. The number of benzene rings is 2. The fraction of sp³-hybridized carbons (Fsp3) is 0.143. The molecule has 0 aromatic heterocycles. The van der Waals surface area contributed by atoms with E-state index in [1.807, 2.05) is 61.5 Å². The Balaban J connectivity index is 2.43. The summed E-state index contributed by atoms with van der Waals surface area (Å²) in [5.74, 6) is 0. The molecule has 0 spiro atoms. The third-order valence-electron chi connectivity index (χ3n) is 2.70. The van der Waals surface area contributed by atoms with Gasteiger partial charge in [0.2, 0.25) is 0 Å². The zero-order valence-corrected chi connectivity index (χ0v) is 10.5. The first-order chi connectivity index (χ1) is 7.60. The number of halogens is 2. The largest absolute Gasteiger partial charge is 0.109 e. The summed E-state index contributed by atoms with van der Waals surface area (Å²) in [6.07, 6.45) is 0. The summed E-state index contributed by atoms with van der Waals surface area (Å²) in [6.45, 7) is 1.99. The van der Waals surface area contributed by atoms with Crippen molar-refractivity contribution in [2.24, 2.45) is 0 Å². The highest BCUT2D eigenvalue weighted by atomic mass is 35.5. The maximum atomic E-state index is 6.60. The van der Waals surface area contributed by atoms with Crippen LogP contribution in [0.15, 0.2) is 54.6 Å². The van der Waals surface area contributed by atoms with Crippen molar-refractivity contribution in [3.05, 3.63) is 70.7 Å². The Kier molecular flexibility index (Phi) is 3.22. The molecule has 0 saturated carbocycles. The zero-order chi connectivity index (χ0) is 11.6. The van der Waals surface area contributed by atoms with Gasteiger partial charge in [0.25, 0.3) is 0 Å². The van der Waals surface area contributed by atoms with E-state index in [2.05, 4.69) is 0 Å². The summed E-state index contributed by atoms with van der Waals surface area (Å²) >= 11 is 12.5. The smallest absolute Gasteiger partial charge is 0.0916 e. The minimum atomic E-state index is -0.508. The third kappa shape index (κ3) is 2.23. The Morgan fingerprint density at radius 1 is 0.812 bits per heavy atom. The van der Waals surface area contributed by atoms with Gasteiger partial charge in [-0.2, -0.15) is 0 Å². The topological polar surface area (TPSA) is 0 Å². The van der Waals surface area contributed by atoms with Crippen LogP contribution in [-0.2, 0) is 4.87 Å². The Labute approximate surface area is 106 Å². The molecule has 2 aromatic carbocycles. The lowest BCUT2D eigenvalue weighted by Crippen LogP contribution is -2.15. The summed E-state index contributed by atoms with van der Waals surface area (Å²) in [7, 11) is 0. The van der Waals surface area contributed by atoms with Crippen LogP contribution in [0.2, 0.25) is 5.02 Å². The Bertz CT molecular complexity index is 458. The second kappa shape index (κ2) is 4.48. The number of hydrogen-bond donors (Lipinski definition) is 0. The number of rotatable bonds is 2. The molecule has 2 heteroatoms. The molecular weight excluding hydrogens is 239 g/mol. The van der Waals surface area contributed by atoms with Gasteiger partial charge in [0.05, 0.1) is 4.87 Å². The van der Waals surface area contributed by atoms with Gasteiger partial charge in [-0.3, -0.25) is 0 Å². The van der Waals surface area contributed by atoms with Crippen LogP contribution >= 0.6 is 23.2 Å². The fourth-order valence-corrected chi connectivity index (χ4v) is 2.06. The highest BCUT2D eigenvalue weighted by Gasteiger charge is 2.25. The maximum absolute atomic E-state index is 6.60. The Morgan fingerprint density at radius 2 is 1.31 bits per heavy atom. The lowest BCUT2D eigenvalue weighted by atomic mass is 9.92. The first-order valence-electron chi connectivity index (χ1n) is 5.11. The van der Waals surface area contributed by atoms with E-state index in [-0.39, 0.29) is 0 Å². The first kappa shape index (κ1) is 11.5. The Morgan fingerprint density at radius 3 is 1.88 bits per heavy atom. The third-order valence-corrected chi connectivity index (χ3v) is 3.39. The van der Waals surface area contributed by atoms with E-state index in [9.17, 15) is 0 Å². The molecule has 0 heterocycles. The van der Waals surface area contributed by atoms with Gasteiger partial charge in [0.15, 0.2) is 0 Å². The van der Waals surface area contributed by atoms with E-state index < -0.39 is 4.87 Å². The van der Waals surface area contributed by atoms with Gasteiger partial charge in [0, 0.05) is 5.02 Å². The van der Waals surface area contributed by atoms with Crippen molar-refractivity contribution in [3.63, 3.8) is 0 Å². The van der Waals surface area contributed by atoms with E-state index in [0.29, 0.717) is 0 Å². The monoisotopic (exact) mass is 250 g/mol. The molecule has 1 atom stereocenters. The van der Waals surface area contributed by atoms with Gasteiger partial charge in [-0.25, -0.2) is 0 Å². The quantitative estimate of drug-likeness (QED) is 0.670. The molecule has 0 nitrogen and oxygen atoms in total. The molecule has 2 rings (SSSR count). The van der Waals surface area contributed by atoms with Gasteiger partial charge >= 0.3 is 0 Å². The lowest BCUT2D eigenvalue weighted by molar-refractivity contribution is 0.822. The normalized spacial score (nSPS) is 14.4. The number of hydrogen-bond acceptors (Lipinski definition) is 0. The molecule has 0 N–H and O–H groups in total. The molecule has 0 amide bonds. The van der Waals surface area contributed by atoms with Crippen LogP contribution in [0, 0.1) is 0 Å². The molecular formula is C14H12Cl2. The predicted octanol–water partition coefficient (Wildman–Crippen LogP) is 4.84. The van der Waals surface area contributed by atoms with E-state index in [0.717, 1.165) is 16.1 Å². The second-order valence-corrected chi connectivity index (χ2v) is 5.07. The van der Waals surface area contributed by atoms with Crippen LogP contribution in [0.3, 0.4) is 0 Å². The van der Waals surface area contributed by atoms with Gasteiger partial charge < -0.3 is 0 Å². The van der Waals surface area contributed by atoms with E-state index in [1.54, 1.807) is 0 Å². The van der Waals surface area contributed by atoms with Crippen molar-refractivity contribution < 1.29 is 0 Å². The summed E-state index contributed by atoms with van der Waals surface area (Å²) in [5, 5.41) is 0.726. The summed E-state index contributed by atoms with van der Waals surface area (Å²) in [4.78, 5) is -0.508. The molecule has 0 aliphatic rings. The molecule has 16 heavy (non-hydrogen) atoms. The zero-order valence-electron chi connectivity index (χ0n) is 8.95. The van der Waals surface area contributed by atoms with Crippen LogP contribution in [-0.4, -0.2) is 0 Å². The first-order valence-corrected chi connectivity index (χ1v) is 5.87. The van der Waals surface area contributed by atoms with E-state index in [4.69, 9.17) is 23.2 Å². The average molecular weight is 251 g/mol. The predicted molar refractivity (Wildman–Crippen MR) is 70.2 cm³/mol. The lowest BCUT2D eigenvalue weighted by Gasteiger charge is -2.23. The van der Waals surface area contributed by atoms with Crippen LogP contribution in [0.4, 0.5) is 0 Å². The summed E-state index contributed by atoms with van der Waals surface area (Å²) in [6, 6.07) is 17.7. The summed E-state index contributed by atoms with van der Waals surface area (Å²) in [5.41, 5.74) is 2.13. The number of alkyl halides is 1. The molecule has 0 saturated heterocycles.